The number of aryl methyl sites for hydroxylation is 1. The number of hydrogen-bond donors (Lipinski definition) is 0. The second-order valence-corrected chi connectivity index (χ2v) is 3.33. The summed E-state index contributed by atoms with van der Waals surface area (Å²) in [5.74, 6) is -0.854. The smallest absolute Gasteiger partial charge is 0.226 e. The maximum atomic E-state index is 11.1. The Bertz CT molecular complexity index is 524. The van der Waals surface area contributed by atoms with Crippen LogP contribution in [0.1, 0.15) is 12.5 Å². The molecule has 0 saturated heterocycles. The minimum Gasteiger partial charge on any atom is -0.286 e. The highest BCUT2D eigenvalue weighted by Crippen LogP contribution is 1.94. The molecule has 70 valence electrons. The lowest BCUT2D eigenvalue weighted by Gasteiger charge is -2.00. The zero-order valence-electron chi connectivity index (χ0n) is 7.91. The molecule has 0 fully saturated rings. The molecule has 2 heteroatoms. The van der Waals surface area contributed by atoms with E-state index in [9.17, 15) is 9.59 Å². The van der Waals surface area contributed by atoms with E-state index in [-0.39, 0.29) is 0 Å². The van der Waals surface area contributed by atoms with Crippen molar-refractivity contribution in [2.45, 2.75) is 13.3 Å². The van der Waals surface area contributed by atoms with Crippen molar-refractivity contribution in [2.75, 3.05) is 0 Å². The summed E-state index contributed by atoms with van der Waals surface area (Å²) in [6, 6.07) is 5.82. The second-order valence-electron chi connectivity index (χ2n) is 3.33. The van der Waals surface area contributed by atoms with Crippen LogP contribution in [0.5, 0.6) is 0 Å². The molecule has 0 atom stereocenters. The first-order valence-electron chi connectivity index (χ1n) is 4.61. The summed E-state index contributed by atoms with van der Waals surface area (Å²) in [5.41, 5.74) is 1.18. The number of hydrogen-bond acceptors (Lipinski definition) is 2. The molecule has 0 amide bonds. The van der Waals surface area contributed by atoms with Crippen LogP contribution < -0.4 is 10.4 Å². The van der Waals surface area contributed by atoms with E-state index >= 15 is 0 Å². The van der Waals surface area contributed by atoms with Gasteiger partial charge in [0.25, 0.3) is 0 Å². The predicted octanol–water partition coefficient (Wildman–Crippen LogP) is -0.0382. The molecule has 0 saturated carbocycles. The SMILES string of the molecule is CCc1ccc2c(c1)=CC(=O)C(=O)C=2. The topological polar surface area (TPSA) is 34.1 Å². The van der Waals surface area contributed by atoms with Gasteiger partial charge >= 0.3 is 0 Å². The van der Waals surface area contributed by atoms with Crippen LogP contribution in [0.25, 0.3) is 12.2 Å². The van der Waals surface area contributed by atoms with E-state index in [2.05, 4.69) is 6.92 Å². The average molecular weight is 186 g/mol. The molecule has 2 nitrogen and oxygen atoms in total. The van der Waals surface area contributed by atoms with Gasteiger partial charge in [-0.2, -0.15) is 0 Å². The third kappa shape index (κ3) is 1.39. The number of fused-ring (bicyclic) bond motifs is 1. The van der Waals surface area contributed by atoms with E-state index in [1.165, 1.54) is 17.7 Å². The second kappa shape index (κ2) is 3.22. The van der Waals surface area contributed by atoms with Gasteiger partial charge in [0.05, 0.1) is 0 Å². The van der Waals surface area contributed by atoms with Crippen LogP contribution in [0.2, 0.25) is 0 Å². The molecule has 1 aromatic rings. The molecule has 0 radical (unpaired) electrons. The lowest BCUT2D eigenvalue weighted by Crippen LogP contribution is -2.33. The van der Waals surface area contributed by atoms with Crippen molar-refractivity contribution >= 4 is 23.7 Å². The molecular weight excluding hydrogens is 176 g/mol. The third-order valence-corrected chi connectivity index (χ3v) is 2.38. The van der Waals surface area contributed by atoms with Gasteiger partial charge in [-0.25, -0.2) is 0 Å². The zero-order valence-corrected chi connectivity index (χ0v) is 7.91. The number of benzene rings is 1. The van der Waals surface area contributed by atoms with Gasteiger partial charge in [-0.15, -0.1) is 0 Å². The normalized spacial score (nSPS) is 14.4. The van der Waals surface area contributed by atoms with Crippen molar-refractivity contribution in [1.82, 2.24) is 0 Å². The van der Waals surface area contributed by atoms with Crippen LogP contribution in [0.4, 0.5) is 0 Å². The van der Waals surface area contributed by atoms with Crippen LogP contribution >= 0.6 is 0 Å². The first kappa shape index (κ1) is 8.88. The van der Waals surface area contributed by atoms with Gasteiger partial charge in [0.1, 0.15) is 0 Å². The van der Waals surface area contributed by atoms with Gasteiger partial charge in [-0.3, -0.25) is 9.59 Å². The summed E-state index contributed by atoms with van der Waals surface area (Å²) in [5, 5.41) is 1.70. The van der Waals surface area contributed by atoms with Crippen LogP contribution in [0, 0.1) is 0 Å². The molecule has 0 spiro atoms. The molecule has 0 heterocycles. The molecule has 0 bridgehead atoms. The van der Waals surface area contributed by atoms with E-state index in [1.807, 2.05) is 18.2 Å². The van der Waals surface area contributed by atoms with Crippen LogP contribution in [0.3, 0.4) is 0 Å². The number of rotatable bonds is 1. The highest BCUT2D eigenvalue weighted by molar-refractivity contribution is 6.57. The van der Waals surface area contributed by atoms with Crippen molar-refractivity contribution in [3.63, 3.8) is 0 Å². The van der Waals surface area contributed by atoms with Crippen LogP contribution in [0.15, 0.2) is 18.2 Å². The molecule has 2 rings (SSSR count). The molecule has 0 unspecified atom stereocenters. The van der Waals surface area contributed by atoms with E-state index in [1.54, 1.807) is 0 Å². The highest BCUT2D eigenvalue weighted by Gasteiger charge is 2.11. The molecule has 1 aromatic carbocycles. The first-order valence-corrected chi connectivity index (χ1v) is 4.61. The lowest BCUT2D eigenvalue weighted by molar-refractivity contribution is -0.129. The van der Waals surface area contributed by atoms with E-state index in [0.29, 0.717) is 0 Å². The lowest BCUT2D eigenvalue weighted by atomic mass is 10.0. The van der Waals surface area contributed by atoms with Crippen molar-refractivity contribution in [2.24, 2.45) is 0 Å². The van der Waals surface area contributed by atoms with E-state index in [4.69, 9.17) is 0 Å². The summed E-state index contributed by atoms with van der Waals surface area (Å²) < 4.78 is 0. The quantitative estimate of drug-likeness (QED) is 0.577. The summed E-state index contributed by atoms with van der Waals surface area (Å²) >= 11 is 0. The Balaban J connectivity index is 2.74. The standard InChI is InChI=1S/C12H10O2/c1-2-8-3-4-9-6-11(13)12(14)7-10(9)5-8/h3-7H,2H2,1H3. The van der Waals surface area contributed by atoms with Gasteiger partial charge in [0.15, 0.2) is 0 Å². The Hall–Kier alpha value is -1.70. The molecule has 1 aliphatic rings. The summed E-state index contributed by atoms with van der Waals surface area (Å²) in [7, 11) is 0. The van der Waals surface area contributed by atoms with Crippen LogP contribution in [-0.4, -0.2) is 11.6 Å². The zero-order chi connectivity index (χ0) is 10.1. The van der Waals surface area contributed by atoms with Crippen LogP contribution in [-0.2, 0) is 16.0 Å². The Morgan fingerprint density at radius 1 is 1.00 bits per heavy atom. The Labute approximate surface area is 81.6 Å². The average Bonchev–Trinajstić information content (AvgIpc) is 2.19. The summed E-state index contributed by atoms with van der Waals surface area (Å²) in [6.07, 6.45) is 3.75. The Morgan fingerprint density at radius 3 is 2.29 bits per heavy atom. The molecule has 0 aliphatic heterocycles. The summed E-state index contributed by atoms with van der Waals surface area (Å²) in [4.78, 5) is 22.2. The maximum absolute atomic E-state index is 11.1. The largest absolute Gasteiger partial charge is 0.286 e. The minimum absolute atomic E-state index is 0.425. The van der Waals surface area contributed by atoms with Gasteiger partial charge in [0, 0.05) is 0 Å². The number of ketones is 2. The maximum Gasteiger partial charge on any atom is 0.226 e. The Morgan fingerprint density at radius 2 is 1.64 bits per heavy atom. The molecule has 0 aromatic heterocycles. The van der Waals surface area contributed by atoms with Gasteiger partial charge in [0.2, 0.25) is 11.6 Å². The summed E-state index contributed by atoms with van der Waals surface area (Å²) in [6.45, 7) is 2.06. The number of carbonyl (C=O) groups is 2. The van der Waals surface area contributed by atoms with Gasteiger partial charge in [-0.1, -0.05) is 25.1 Å². The van der Waals surface area contributed by atoms with Crippen molar-refractivity contribution < 1.29 is 9.59 Å². The van der Waals surface area contributed by atoms with Crippen molar-refractivity contribution in [1.29, 1.82) is 0 Å². The number of Topliss-reactive ketones (excluding diaryl/α,β-unsaturated/α-hetero) is 2. The van der Waals surface area contributed by atoms with Gasteiger partial charge in [-0.05, 0) is 34.6 Å². The number of carbonyl (C=O) groups excluding carboxylic acids is 2. The Kier molecular flexibility index (Phi) is 2.04. The van der Waals surface area contributed by atoms with Crippen molar-refractivity contribution in [3.8, 4) is 0 Å². The highest BCUT2D eigenvalue weighted by atomic mass is 16.2. The fourth-order valence-corrected chi connectivity index (χ4v) is 1.53. The minimum atomic E-state index is -0.429. The molecule has 1 aliphatic carbocycles. The molecule has 0 N–H and O–H groups in total. The van der Waals surface area contributed by atoms with E-state index in [0.717, 1.165) is 16.9 Å². The van der Waals surface area contributed by atoms with E-state index < -0.39 is 11.6 Å². The monoisotopic (exact) mass is 186 g/mol. The molecule has 14 heavy (non-hydrogen) atoms. The fourth-order valence-electron chi connectivity index (χ4n) is 1.53. The third-order valence-electron chi connectivity index (χ3n) is 2.38. The first-order chi connectivity index (χ1) is 6.70. The fraction of sp³-hybridized carbons (Fsp3) is 0.167. The van der Waals surface area contributed by atoms with Gasteiger partial charge < -0.3 is 0 Å². The molecular formula is C12H10O2. The predicted molar refractivity (Wildman–Crippen MR) is 54.0 cm³/mol. The van der Waals surface area contributed by atoms with Crippen molar-refractivity contribution in [3.05, 3.63) is 34.2 Å².